The Hall–Kier alpha value is -1.78. The van der Waals surface area contributed by atoms with E-state index in [0.29, 0.717) is 0 Å². The molecule has 2 N–H and O–H groups in total. The van der Waals surface area contributed by atoms with Gasteiger partial charge in [0.2, 0.25) is 0 Å². The van der Waals surface area contributed by atoms with E-state index >= 15 is 0 Å². The lowest BCUT2D eigenvalue weighted by Gasteiger charge is -2.05. The molecule has 76 valence electrons. The van der Waals surface area contributed by atoms with Crippen molar-refractivity contribution in [1.29, 1.82) is 0 Å². The number of carbonyl (C=O) groups is 1. The molecule has 0 aliphatic rings. The summed E-state index contributed by atoms with van der Waals surface area (Å²) in [5, 5.41) is 5.84. The van der Waals surface area contributed by atoms with Gasteiger partial charge in [-0.25, -0.2) is 0 Å². The van der Waals surface area contributed by atoms with Crippen molar-refractivity contribution in [3.05, 3.63) is 18.5 Å². The van der Waals surface area contributed by atoms with Gasteiger partial charge < -0.3 is 15.4 Å². The van der Waals surface area contributed by atoms with E-state index in [4.69, 9.17) is 0 Å². The second-order valence-electron chi connectivity index (χ2n) is 2.64. The fraction of sp³-hybridized carbons (Fsp3) is 0.333. The van der Waals surface area contributed by atoms with Gasteiger partial charge in [0.1, 0.15) is 6.54 Å². The number of rotatable bonds is 4. The van der Waals surface area contributed by atoms with Gasteiger partial charge in [0, 0.05) is 7.05 Å². The second kappa shape index (κ2) is 5.06. The number of nitrogens with zero attached hydrogens (tertiary/aromatic N) is 1. The normalized spacial score (nSPS) is 9.29. The van der Waals surface area contributed by atoms with E-state index in [1.54, 1.807) is 19.4 Å². The van der Waals surface area contributed by atoms with E-state index in [-0.39, 0.29) is 12.5 Å². The van der Waals surface area contributed by atoms with Gasteiger partial charge in [0.25, 0.3) is 0 Å². The monoisotopic (exact) mass is 195 g/mol. The maximum absolute atomic E-state index is 10.8. The van der Waals surface area contributed by atoms with E-state index in [2.05, 4.69) is 20.4 Å². The second-order valence-corrected chi connectivity index (χ2v) is 2.64. The molecule has 0 atom stereocenters. The van der Waals surface area contributed by atoms with Crippen LogP contribution in [0.1, 0.15) is 0 Å². The minimum atomic E-state index is -0.306. The van der Waals surface area contributed by atoms with Crippen LogP contribution in [-0.2, 0) is 9.53 Å². The van der Waals surface area contributed by atoms with Crippen molar-refractivity contribution in [1.82, 2.24) is 4.98 Å². The number of nitrogens with one attached hydrogen (secondary N) is 2. The first-order valence-electron chi connectivity index (χ1n) is 4.19. The summed E-state index contributed by atoms with van der Waals surface area (Å²) in [5.41, 5.74) is 1.67. The number of pyridine rings is 1. The lowest BCUT2D eigenvalue weighted by Crippen LogP contribution is -2.15. The van der Waals surface area contributed by atoms with E-state index in [1.807, 2.05) is 6.07 Å². The molecule has 0 radical (unpaired) electrons. The highest BCUT2D eigenvalue weighted by Crippen LogP contribution is 2.11. The average Bonchev–Trinajstić information content (AvgIpc) is 2.26. The number of hydrogen-bond acceptors (Lipinski definition) is 5. The zero-order valence-corrected chi connectivity index (χ0v) is 8.20. The Morgan fingerprint density at radius 2 is 2.21 bits per heavy atom. The fourth-order valence-electron chi connectivity index (χ4n) is 0.920. The molecule has 0 aromatic carbocycles. The van der Waals surface area contributed by atoms with Crippen LogP contribution in [0.2, 0.25) is 0 Å². The van der Waals surface area contributed by atoms with E-state index in [0.717, 1.165) is 11.4 Å². The zero-order chi connectivity index (χ0) is 10.4. The molecule has 1 rings (SSSR count). The Morgan fingerprint density at radius 1 is 1.50 bits per heavy atom. The number of anilines is 2. The first-order chi connectivity index (χ1) is 6.76. The third-order valence-electron chi connectivity index (χ3n) is 1.69. The van der Waals surface area contributed by atoms with Crippen LogP contribution in [0.15, 0.2) is 18.5 Å². The van der Waals surface area contributed by atoms with Gasteiger partial charge in [-0.2, -0.15) is 0 Å². The molecule has 0 aliphatic heterocycles. The minimum absolute atomic E-state index is 0.144. The molecule has 0 bridgehead atoms. The largest absolute Gasteiger partial charge is 0.468 e. The van der Waals surface area contributed by atoms with Crippen LogP contribution in [0.5, 0.6) is 0 Å². The van der Waals surface area contributed by atoms with E-state index < -0.39 is 0 Å². The Labute approximate surface area is 82.5 Å². The number of ether oxygens (including phenoxy) is 1. The van der Waals surface area contributed by atoms with Gasteiger partial charge >= 0.3 is 5.97 Å². The van der Waals surface area contributed by atoms with Crippen LogP contribution in [-0.4, -0.2) is 31.7 Å². The highest BCUT2D eigenvalue weighted by molar-refractivity contribution is 5.75. The summed E-state index contributed by atoms with van der Waals surface area (Å²) in [5.74, 6) is -0.306. The Bertz CT molecular complexity index is 315. The lowest BCUT2D eigenvalue weighted by atomic mass is 10.3. The van der Waals surface area contributed by atoms with Crippen molar-refractivity contribution < 1.29 is 9.53 Å². The highest BCUT2D eigenvalue weighted by Gasteiger charge is 1.99. The van der Waals surface area contributed by atoms with Crippen LogP contribution in [0.4, 0.5) is 11.4 Å². The van der Waals surface area contributed by atoms with Gasteiger partial charge in [-0.05, 0) is 6.07 Å². The summed E-state index contributed by atoms with van der Waals surface area (Å²) in [7, 11) is 3.16. The number of methoxy groups -OCH3 is 1. The predicted octanol–water partition coefficient (Wildman–Crippen LogP) is 0.708. The number of hydrogen-bond donors (Lipinski definition) is 2. The molecule has 0 unspecified atom stereocenters. The van der Waals surface area contributed by atoms with Gasteiger partial charge in [-0.3, -0.25) is 9.78 Å². The molecular weight excluding hydrogens is 182 g/mol. The van der Waals surface area contributed by atoms with Gasteiger partial charge in [0.15, 0.2) is 0 Å². The van der Waals surface area contributed by atoms with Crippen LogP contribution in [0, 0.1) is 0 Å². The van der Waals surface area contributed by atoms with E-state index in [9.17, 15) is 4.79 Å². The molecule has 0 fully saturated rings. The summed E-state index contributed by atoms with van der Waals surface area (Å²) in [6.07, 6.45) is 3.34. The van der Waals surface area contributed by atoms with Gasteiger partial charge in [0.05, 0.1) is 30.9 Å². The number of aromatic nitrogens is 1. The van der Waals surface area contributed by atoms with Crippen molar-refractivity contribution in [2.45, 2.75) is 0 Å². The highest BCUT2D eigenvalue weighted by atomic mass is 16.5. The van der Waals surface area contributed by atoms with Crippen molar-refractivity contribution in [3.63, 3.8) is 0 Å². The Kier molecular flexibility index (Phi) is 3.72. The molecule has 1 aromatic rings. The zero-order valence-electron chi connectivity index (χ0n) is 8.20. The first kappa shape index (κ1) is 10.3. The van der Waals surface area contributed by atoms with Crippen LogP contribution in [0.25, 0.3) is 0 Å². The summed E-state index contributed by atoms with van der Waals surface area (Å²) < 4.78 is 4.49. The SMILES string of the molecule is CNc1cncc(NCC(=O)OC)c1. The smallest absolute Gasteiger partial charge is 0.325 e. The fourth-order valence-corrected chi connectivity index (χ4v) is 0.920. The van der Waals surface area contributed by atoms with Gasteiger partial charge in [-0.1, -0.05) is 0 Å². The Balaban J connectivity index is 2.54. The summed E-state index contributed by atoms with van der Waals surface area (Å²) in [4.78, 5) is 14.8. The number of esters is 1. The average molecular weight is 195 g/mol. The third kappa shape index (κ3) is 2.93. The third-order valence-corrected chi connectivity index (χ3v) is 1.69. The van der Waals surface area contributed by atoms with Crippen molar-refractivity contribution in [2.75, 3.05) is 31.3 Å². The lowest BCUT2D eigenvalue weighted by molar-refractivity contribution is -0.138. The molecule has 14 heavy (non-hydrogen) atoms. The van der Waals surface area contributed by atoms with Crippen molar-refractivity contribution in [2.24, 2.45) is 0 Å². The molecule has 0 spiro atoms. The quantitative estimate of drug-likeness (QED) is 0.693. The maximum atomic E-state index is 10.8. The van der Waals surface area contributed by atoms with Gasteiger partial charge in [-0.15, -0.1) is 0 Å². The summed E-state index contributed by atoms with van der Waals surface area (Å²) >= 11 is 0. The minimum Gasteiger partial charge on any atom is -0.468 e. The molecule has 5 nitrogen and oxygen atoms in total. The Morgan fingerprint density at radius 3 is 2.86 bits per heavy atom. The summed E-state index contributed by atoms with van der Waals surface area (Å²) in [6.45, 7) is 0.144. The van der Waals surface area contributed by atoms with E-state index in [1.165, 1.54) is 7.11 Å². The van der Waals surface area contributed by atoms with Crippen molar-refractivity contribution in [3.8, 4) is 0 Å². The molecule has 0 saturated carbocycles. The number of carbonyl (C=O) groups excluding carboxylic acids is 1. The maximum Gasteiger partial charge on any atom is 0.325 e. The topological polar surface area (TPSA) is 63.2 Å². The molecule has 0 aliphatic carbocycles. The molecule has 0 amide bonds. The summed E-state index contributed by atoms with van der Waals surface area (Å²) in [6, 6.07) is 1.86. The van der Waals surface area contributed by atoms with Crippen LogP contribution < -0.4 is 10.6 Å². The molecule has 0 saturated heterocycles. The first-order valence-corrected chi connectivity index (χ1v) is 4.19. The standard InChI is InChI=1S/C9H13N3O2/c1-10-7-3-8(5-11-4-7)12-6-9(13)14-2/h3-5,10,12H,6H2,1-2H3. The van der Waals surface area contributed by atoms with Crippen LogP contribution in [0.3, 0.4) is 0 Å². The van der Waals surface area contributed by atoms with Crippen LogP contribution >= 0.6 is 0 Å². The molecule has 1 heterocycles. The van der Waals surface area contributed by atoms with Crippen molar-refractivity contribution >= 4 is 17.3 Å². The predicted molar refractivity (Wildman–Crippen MR) is 54.3 cm³/mol. The molecular formula is C9H13N3O2. The molecule has 1 aromatic heterocycles. The molecule has 5 heteroatoms.